The maximum Gasteiger partial charge on any atom is 0.234 e. The first-order chi connectivity index (χ1) is 16.0. The standard InChI is InChI=1S/C25H28FN5OS/c1-18(2)19-3-7-21(8-4-19)29-24(32)16-33-25-15-23(27-17-28-25)31-13-11-30(12-14-31)22-9-5-20(26)6-10-22/h3-10,15,17-18H,11-14,16H2,1-2H3,(H,29,32). The van der Waals surface area contributed by atoms with E-state index in [1.54, 1.807) is 6.33 Å². The van der Waals surface area contributed by atoms with Crippen LogP contribution in [-0.4, -0.2) is 47.8 Å². The lowest BCUT2D eigenvalue weighted by molar-refractivity contribution is -0.113. The van der Waals surface area contributed by atoms with E-state index in [9.17, 15) is 9.18 Å². The van der Waals surface area contributed by atoms with Crippen molar-refractivity contribution in [2.75, 3.05) is 47.0 Å². The van der Waals surface area contributed by atoms with Gasteiger partial charge in [-0.25, -0.2) is 14.4 Å². The molecule has 1 aliphatic rings. The summed E-state index contributed by atoms with van der Waals surface area (Å²) in [6.45, 7) is 7.57. The molecule has 0 spiro atoms. The Kier molecular flexibility index (Phi) is 7.44. The van der Waals surface area contributed by atoms with Crippen LogP contribution in [0.15, 0.2) is 66.0 Å². The van der Waals surface area contributed by atoms with Gasteiger partial charge in [0.25, 0.3) is 0 Å². The van der Waals surface area contributed by atoms with E-state index in [0.29, 0.717) is 5.92 Å². The number of carbonyl (C=O) groups excluding carboxylic acids is 1. The van der Waals surface area contributed by atoms with Gasteiger partial charge in [-0.05, 0) is 47.9 Å². The third-order valence-electron chi connectivity index (χ3n) is 5.64. The SMILES string of the molecule is CC(C)c1ccc(NC(=O)CSc2cc(N3CCN(c4ccc(F)cc4)CC3)ncn2)cc1. The highest BCUT2D eigenvalue weighted by molar-refractivity contribution is 7.99. The van der Waals surface area contributed by atoms with E-state index in [4.69, 9.17) is 0 Å². The highest BCUT2D eigenvalue weighted by Gasteiger charge is 2.19. The highest BCUT2D eigenvalue weighted by atomic mass is 32.2. The van der Waals surface area contributed by atoms with E-state index in [0.717, 1.165) is 48.4 Å². The molecule has 4 rings (SSSR count). The second-order valence-corrected chi connectivity index (χ2v) is 9.27. The number of rotatable bonds is 7. The van der Waals surface area contributed by atoms with Gasteiger partial charge < -0.3 is 15.1 Å². The summed E-state index contributed by atoms with van der Waals surface area (Å²) in [6.07, 6.45) is 1.55. The molecule has 2 heterocycles. The van der Waals surface area contributed by atoms with Gasteiger partial charge in [-0.1, -0.05) is 37.7 Å². The number of nitrogens with one attached hydrogen (secondary N) is 1. The van der Waals surface area contributed by atoms with Gasteiger partial charge in [0.2, 0.25) is 5.91 Å². The molecule has 0 aliphatic carbocycles. The first kappa shape index (κ1) is 23.0. The third-order valence-corrected chi connectivity index (χ3v) is 6.56. The van der Waals surface area contributed by atoms with E-state index in [1.807, 2.05) is 42.5 Å². The molecule has 1 fully saturated rings. The van der Waals surface area contributed by atoms with E-state index in [2.05, 4.69) is 38.9 Å². The lowest BCUT2D eigenvalue weighted by atomic mass is 10.0. The van der Waals surface area contributed by atoms with Crippen molar-refractivity contribution >= 4 is 34.9 Å². The summed E-state index contributed by atoms with van der Waals surface area (Å²) in [4.78, 5) is 25.6. The highest BCUT2D eigenvalue weighted by Crippen LogP contribution is 2.23. The summed E-state index contributed by atoms with van der Waals surface area (Å²) < 4.78 is 13.2. The zero-order valence-electron chi connectivity index (χ0n) is 18.9. The van der Waals surface area contributed by atoms with Gasteiger partial charge in [-0.3, -0.25) is 4.79 Å². The van der Waals surface area contributed by atoms with Crippen molar-refractivity contribution in [3.05, 3.63) is 72.3 Å². The van der Waals surface area contributed by atoms with Crippen LogP contribution in [-0.2, 0) is 4.79 Å². The summed E-state index contributed by atoms with van der Waals surface area (Å²) >= 11 is 1.40. The number of thioether (sulfide) groups is 1. The van der Waals surface area contributed by atoms with Gasteiger partial charge in [0, 0.05) is 43.6 Å². The molecule has 0 bridgehead atoms. The molecule has 6 nitrogen and oxygen atoms in total. The Hall–Kier alpha value is -3.13. The van der Waals surface area contributed by atoms with Crippen LogP contribution in [0, 0.1) is 5.82 Å². The summed E-state index contributed by atoms with van der Waals surface area (Å²) in [7, 11) is 0. The van der Waals surface area contributed by atoms with Crippen molar-refractivity contribution in [2.45, 2.75) is 24.8 Å². The molecule has 1 aliphatic heterocycles. The number of hydrogen-bond donors (Lipinski definition) is 1. The van der Waals surface area contributed by atoms with Crippen molar-refractivity contribution in [1.82, 2.24) is 9.97 Å². The molecule has 1 saturated heterocycles. The number of nitrogens with zero attached hydrogens (tertiary/aromatic N) is 4. The maximum absolute atomic E-state index is 13.2. The predicted octanol–water partition coefficient (Wildman–Crippen LogP) is 4.80. The van der Waals surface area contributed by atoms with E-state index < -0.39 is 0 Å². The molecule has 8 heteroatoms. The lowest BCUT2D eigenvalue weighted by Gasteiger charge is -2.36. The minimum absolute atomic E-state index is 0.0645. The second kappa shape index (κ2) is 10.7. The molecule has 1 aromatic heterocycles. The van der Waals surface area contributed by atoms with Crippen molar-refractivity contribution < 1.29 is 9.18 Å². The fraction of sp³-hybridized carbons (Fsp3) is 0.320. The van der Waals surface area contributed by atoms with Crippen molar-refractivity contribution in [1.29, 1.82) is 0 Å². The first-order valence-corrected chi connectivity index (χ1v) is 12.1. The average molecular weight is 466 g/mol. The van der Waals surface area contributed by atoms with Crippen LogP contribution in [0.1, 0.15) is 25.3 Å². The monoisotopic (exact) mass is 465 g/mol. The van der Waals surface area contributed by atoms with Crippen LogP contribution in [0.3, 0.4) is 0 Å². The molecule has 172 valence electrons. The minimum Gasteiger partial charge on any atom is -0.368 e. The molecule has 0 atom stereocenters. The lowest BCUT2D eigenvalue weighted by Crippen LogP contribution is -2.46. The third kappa shape index (κ3) is 6.22. The maximum atomic E-state index is 13.2. The number of amides is 1. The zero-order valence-corrected chi connectivity index (χ0v) is 19.7. The normalized spacial score (nSPS) is 13.9. The van der Waals surface area contributed by atoms with Crippen molar-refractivity contribution in [3.63, 3.8) is 0 Å². The number of halogens is 1. The van der Waals surface area contributed by atoms with E-state index >= 15 is 0 Å². The number of anilines is 3. The Bertz CT molecular complexity index is 1070. The van der Waals surface area contributed by atoms with Crippen LogP contribution in [0.4, 0.5) is 21.6 Å². The van der Waals surface area contributed by atoms with Gasteiger partial charge in [-0.15, -0.1) is 0 Å². The van der Waals surface area contributed by atoms with Gasteiger partial charge in [0.15, 0.2) is 0 Å². The number of piperazine rings is 1. The fourth-order valence-corrected chi connectivity index (χ4v) is 4.38. The summed E-state index contributed by atoms with van der Waals surface area (Å²) in [5.74, 6) is 1.31. The van der Waals surface area contributed by atoms with Gasteiger partial charge in [0.05, 0.1) is 5.75 Å². The first-order valence-electron chi connectivity index (χ1n) is 11.1. The van der Waals surface area contributed by atoms with Crippen LogP contribution < -0.4 is 15.1 Å². The molecule has 1 amide bonds. The number of aromatic nitrogens is 2. The van der Waals surface area contributed by atoms with Gasteiger partial charge in [-0.2, -0.15) is 0 Å². The Labute approximate surface area is 198 Å². The molecule has 2 aromatic carbocycles. The predicted molar refractivity (Wildman–Crippen MR) is 133 cm³/mol. The molecule has 3 aromatic rings. The molecular formula is C25H28FN5OS. The Morgan fingerprint density at radius 1 is 1.00 bits per heavy atom. The molecular weight excluding hydrogens is 437 g/mol. The topological polar surface area (TPSA) is 61.4 Å². The Morgan fingerprint density at radius 3 is 2.33 bits per heavy atom. The Morgan fingerprint density at radius 2 is 1.67 bits per heavy atom. The van der Waals surface area contributed by atoms with Gasteiger partial charge >= 0.3 is 0 Å². The van der Waals surface area contributed by atoms with Gasteiger partial charge in [0.1, 0.15) is 23.0 Å². The summed E-state index contributed by atoms with van der Waals surface area (Å²) in [5.41, 5.74) is 3.07. The molecule has 33 heavy (non-hydrogen) atoms. The fourth-order valence-electron chi connectivity index (χ4n) is 3.72. The quantitative estimate of drug-likeness (QED) is 0.400. The van der Waals surface area contributed by atoms with Crippen LogP contribution in [0.2, 0.25) is 0 Å². The van der Waals surface area contributed by atoms with E-state index in [-0.39, 0.29) is 17.5 Å². The van der Waals surface area contributed by atoms with Crippen molar-refractivity contribution in [2.24, 2.45) is 0 Å². The second-order valence-electron chi connectivity index (χ2n) is 8.28. The number of benzene rings is 2. The minimum atomic E-state index is -0.221. The van der Waals surface area contributed by atoms with Crippen LogP contribution in [0.25, 0.3) is 0 Å². The van der Waals surface area contributed by atoms with Crippen molar-refractivity contribution in [3.8, 4) is 0 Å². The zero-order chi connectivity index (χ0) is 23.2. The number of hydrogen-bond acceptors (Lipinski definition) is 6. The number of carbonyl (C=O) groups is 1. The molecule has 1 N–H and O–H groups in total. The summed E-state index contributed by atoms with van der Waals surface area (Å²) in [6, 6.07) is 16.5. The summed E-state index contributed by atoms with van der Waals surface area (Å²) in [5, 5.41) is 3.71. The Balaban J connectivity index is 1.28. The molecule has 0 unspecified atom stereocenters. The largest absolute Gasteiger partial charge is 0.368 e. The molecule has 0 radical (unpaired) electrons. The van der Waals surface area contributed by atoms with Crippen LogP contribution in [0.5, 0.6) is 0 Å². The van der Waals surface area contributed by atoms with Crippen LogP contribution >= 0.6 is 11.8 Å². The van der Waals surface area contributed by atoms with E-state index in [1.165, 1.54) is 29.5 Å². The molecule has 0 saturated carbocycles. The average Bonchev–Trinajstić information content (AvgIpc) is 2.84. The smallest absolute Gasteiger partial charge is 0.234 e.